The van der Waals surface area contributed by atoms with Gasteiger partial charge in [0.1, 0.15) is 10.7 Å². The molecule has 0 saturated carbocycles. The van der Waals surface area contributed by atoms with Crippen molar-refractivity contribution in [2.24, 2.45) is 17.8 Å². The number of thiazole rings is 1. The van der Waals surface area contributed by atoms with E-state index in [1.54, 1.807) is 49.2 Å². The number of alkyl carbamates (subject to hydrolysis) is 1. The van der Waals surface area contributed by atoms with Gasteiger partial charge in [-0.1, -0.05) is 64.4 Å². The molecule has 13 nitrogen and oxygen atoms in total. The minimum Gasteiger partial charge on any atom is -0.439 e. The summed E-state index contributed by atoms with van der Waals surface area (Å²) in [5, 5.41) is 6.83. The monoisotopic (exact) mass is 844 g/mol. The number of Topliss-reactive ketones (excluding diaryl/α,β-unsaturated/α-hetero) is 1. The molecule has 1 aromatic heterocycles. The Labute approximate surface area is 338 Å². The number of alkyl halides is 3. The number of nitrogens with one attached hydrogen (secondary N) is 3. The van der Waals surface area contributed by atoms with Crippen LogP contribution in [0.2, 0.25) is 0 Å². The zero-order valence-corrected chi connectivity index (χ0v) is 35.8. The number of nitrogens with zero attached hydrogens (tertiary/aromatic N) is 3. The first-order valence-electron chi connectivity index (χ1n) is 19.5. The van der Waals surface area contributed by atoms with E-state index in [2.05, 4.69) is 20.5 Å². The lowest BCUT2D eigenvalue weighted by Crippen LogP contribution is -2.54. The molecular weight excluding hydrogens is 786 g/mol. The summed E-state index contributed by atoms with van der Waals surface area (Å²) in [6.45, 7) is 11.8. The minimum absolute atomic E-state index is 0.00247. The lowest BCUT2D eigenvalue weighted by molar-refractivity contribution is -0.144. The lowest BCUT2D eigenvalue weighted by atomic mass is 9.77. The smallest absolute Gasteiger partial charge is 0.439 e. The van der Waals surface area contributed by atoms with Crippen LogP contribution in [-0.4, -0.2) is 104 Å². The van der Waals surface area contributed by atoms with E-state index in [1.807, 2.05) is 41.7 Å². The third-order valence-corrected chi connectivity index (χ3v) is 13.2. The molecule has 320 valence electrons. The summed E-state index contributed by atoms with van der Waals surface area (Å²) >= 11 is 1.02. The number of sulfonamides is 1. The van der Waals surface area contributed by atoms with Gasteiger partial charge in [-0.25, -0.2) is 22.9 Å². The summed E-state index contributed by atoms with van der Waals surface area (Å²) < 4.78 is 70.2. The number of piperidine rings is 1. The number of hydrogen-bond donors (Lipinski definition) is 3. The number of halogens is 3. The van der Waals surface area contributed by atoms with E-state index < -0.39 is 63.7 Å². The van der Waals surface area contributed by atoms with Crippen molar-refractivity contribution >= 4 is 45.1 Å². The summed E-state index contributed by atoms with van der Waals surface area (Å²) in [4.78, 5) is 62.8. The van der Waals surface area contributed by atoms with E-state index in [0.717, 1.165) is 37.1 Å². The van der Waals surface area contributed by atoms with Crippen LogP contribution >= 0.6 is 11.3 Å². The maximum atomic E-state index is 14.4. The van der Waals surface area contributed by atoms with Crippen LogP contribution < -0.4 is 15.4 Å². The molecule has 1 saturated heterocycles. The van der Waals surface area contributed by atoms with E-state index in [9.17, 15) is 40.8 Å². The van der Waals surface area contributed by atoms with Gasteiger partial charge < -0.3 is 20.3 Å². The Morgan fingerprint density at radius 1 is 1.09 bits per heavy atom. The van der Waals surface area contributed by atoms with Gasteiger partial charge in [-0.05, 0) is 70.5 Å². The van der Waals surface area contributed by atoms with Gasteiger partial charge in [0.15, 0.2) is 11.9 Å². The molecule has 18 heteroatoms. The van der Waals surface area contributed by atoms with Gasteiger partial charge in [-0.15, -0.1) is 11.3 Å². The molecule has 3 rings (SSSR count). The number of hydrogen-bond acceptors (Lipinski definition) is 10. The zero-order valence-electron chi connectivity index (χ0n) is 34.1. The molecule has 57 heavy (non-hydrogen) atoms. The molecule has 1 fully saturated rings. The molecule has 2 heterocycles. The van der Waals surface area contributed by atoms with Crippen molar-refractivity contribution in [2.75, 3.05) is 33.7 Å². The number of ether oxygens (including phenoxy) is 1. The second-order valence-electron chi connectivity index (χ2n) is 15.4. The van der Waals surface area contributed by atoms with Crippen molar-refractivity contribution < 1.29 is 45.5 Å². The number of likely N-dealkylation sites (tertiary alicyclic amines) is 1. The summed E-state index contributed by atoms with van der Waals surface area (Å²) in [7, 11) is -2.05. The molecule has 0 bridgehead atoms. The topological polar surface area (TPSA) is 167 Å². The lowest BCUT2D eigenvalue weighted by Gasteiger charge is -2.43. The first-order chi connectivity index (χ1) is 26.6. The number of carbonyl (C=O) groups is 4. The van der Waals surface area contributed by atoms with E-state index in [4.69, 9.17) is 4.74 Å². The number of rotatable bonds is 20. The third-order valence-electron chi connectivity index (χ3n) is 11.1. The number of carbonyl (C=O) groups excluding carboxylic acids is 4. The van der Waals surface area contributed by atoms with Crippen LogP contribution in [0.5, 0.6) is 0 Å². The van der Waals surface area contributed by atoms with Crippen molar-refractivity contribution in [2.45, 2.75) is 116 Å². The number of aromatic nitrogens is 1. The average Bonchev–Trinajstić information content (AvgIpc) is 3.65. The van der Waals surface area contributed by atoms with Crippen molar-refractivity contribution in [3.05, 3.63) is 52.0 Å². The Morgan fingerprint density at radius 2 is 1.75 bits per heavy atom. The highest BCUT2D eigenvalue weighted by molar-refractivity contribution is 7.90. The summed E-state index contributed by atoms with van der Waals surface area (Å²) in [5.41, 5.74) is -5.68. The number of likely N-dealkylation sites (N-methyl/N-ethyl adjacent to an activating group) is 1. The largest absolute Gasteiger partial charge is 0.511 e. The SMILES string of the molecule is CCNC(=O)O[C@H](C[C@H](C(C)C)N(C)C(=O)[C@@H](CC(=O)[C@@]1(C)CCCCN1C)[C@@H](C)CC)c1nc(C(=O)N[C@H](CNS(=O)(=O)C(F)(F)F)Cc2ccccc2)cs1. The summed E-state index contributed by atoms with van der Waals surface area (Å²) in [6.07, 6.45) is 1.79. The van der Waals surface area contributed by atoms with Gasteiger partial charge in [0.25, 0.3) is 5.91 Å². The Morgan fingerprint density at radius 3 is 2.33 bits per heavy atom. The van der Waals surface area contributed by atoms with Gasteiger partial charge in [0, 0.05) is 56.4 Å². The highest BCUT2D eigenvalue weighted by Crippen LogP contribution is 2.35. The second kappa shape index (κ2) is 20.9. The van der Waals surface area contributed by atoms with Gasteiger partial charge in [-0.2, -0.15) is 13.2 Å². The number of ketones is 1. The number of benzene rings is 1. The van der Waals surface area contributed by atoms with Gasteiger partial charge in [0.2, 0.25) is 5.91 Å². The fraction of sp³-hybridized carbons (Fsp3) is 0.667. The van der Waals surface area contributed by atoms with E-state index in [1.165, 1.54) is 10.1 Å². The average molecular weight is 845 g/mol. The van der Waals surface area contributed by atoms with Crippen LogP contribution in [0.3, 0.4) is 0 Å². The fourth-order valence-corrected chi connectivity index (χ4v) is 8.47. The van der Waals surface area contributed by atoms with Gasteiger partial charge >= 0.3 is 21.6 Å². The van der Waals surface area contributed by atoms with Crippen LogP contribution in [0.4, 0.5) is 18.0 Å². The molecule has 0 aliphatic carbocycles. The standard InChI is InChI=1S/C39H59F3N6O7S2/c1-9-26(5)29(21-33(49)38(6)18-14-15-19-47(38)7)36(51)48(8)31(25(3)4)22-32(55-37(52)43-10-2)35-46-30(24-56-35)34(50)45-28(20-27-16-12-11-13-17-27)23-44-57(53,54)39(40,41)42/h11-13,16-17,24-26,28-29,31-32,44H,9-10,14-15,18-23H2,1-8H3,(H,43,52)(H,45,50)/t26-,28-,29-,31+,32+,38+/m0/s1. The van der Waals surface area contributed by atoms with E-state index >= 15 is 0 Å². The summed E-state index contributed by atoms with van der Waals surface area (Å²) in [5.74, 6) is -1.76. The van der Waals surface area contributed by atoms with Crippen molar-refractivity contribution in [1.29, 1.82) is 0 Å². The molecule has 0 spiro atoms. The van der Waals surface area contributed by atoms with Gasteiger partial charge in [-0.3, -0.25) is 19.3 Å². The Kier molecular flexibility index (Phi) is 17.5. The Balaban J connectivity index is 1.88. The Bertz CT molecular complexity index is 1760. The first-order valence-corrected chi connectivity index (χ1v) is 21.8. The number of amides is 3. The summed E-state index contributed by atoms with van der Waals surface area (Å²) in [6, 6.07) is 6.92. The molecule has 1 aromatic carbocycles. The van der Waals surface area contributed by atoms with Gasteiger partial charge in [0.05, 0.1) is 5.54 Å². The molecule has 3 N–H and O–H groups in total. The van der Waals surface area contributed by atoms with Crippen LogP contribution in [0.25, 0.3) is 0 Å². The molecule has 2 aromatic rings. The van der Waals surface area contributed by atoms with Crippen molar-refractivity contribution in [3.8, 4) is 0 Å². The predicted molar refractivity (Wildman–Crippen MR) is 213 cm³/mol. The van der Waals surface area contributed by atoms with E-state index in [-0.39, 0.29) is 60.0 Å². The maximum Gasteiger partial charge on any atom is 0.511 e. The van der Waals surface area contributed by atoms with Crippen molar-refractivity contribution in [1.82, 2.24) is 30.1 Å². The van der Waals surface area contributed by atoms with Crippen LogP contribution in [-0.2, 0) is 30.8 Å². The zero-order chi connectivity index (χ0) is 42.7. The molecule has 0 unspecified atom stereocenters. The van der Waals surface area contributed by atoms with Crippen LogP contribution in [0, 0.1) is 17.8 Å². The Hall–Kier alpha value is -3.61. The quantitative estimate of drug-likeness (QED) is 0.143. The highest BCUT2D eigenvalue weighted by Gasteiger charge is 2.46. The highest BCUT2D eigenvalue weighted by atomic mass is 32.2. The molecule has 6 atom stereocenters. The normalized spacial score (nSPS) is 19.2. The first kappa shape index (κ1) is 47.8. The third kappa shape index (κ3) is 12.9. The maximum absolute atomic E-state index is 14.4. The molecule has 3 amide bonds. The fourth-order valence-electron chi connectivity index (χ4n) is 7.04. The van der Waals surface area contributed by atoms with Crippen molar-refractivity contribution in [3.63, 3.8) is 0 Å². The van der Waals surface area contributed by atoms with Crippen LogP contribution in [0.1, 0.15) is 107 Å². The minimum atomic E-state index is -5.69. The predicted octanol–water partition coefficient (Wildman–Crippen LogP) is 6.08. The molecule has 1 aliphatic rings. The van der Waals surface area contributed by atoms with Crippen LogP contribution in [0.15, 0.2) is 35.7 Å². The van der Waals surface area contributed by atoms with E-state index in [0.29, 0.717) is 12.0 Å². The second-order valence-corrected chi connectivity index (χ2v) is 18.1. The molecular formula is C39H59F3N6O7S2. The molecule has 0 radical (unpaired) electrons. The molecule has 1 aliphatic heterocycles.